The van der Waals surface area contributed by atoms with Gasteiger partial charge in [0.25, 0.3) is 0 Å². The Kier molecular flexibility index (Phi) is 13.6. The largest absolute Gasteiger partial charge is 0.147 e. The summed E-state index contributed by atoms with van der Waals surface area (Å²) in [6.45, 7) is 28.3. The van der Waals surface area contributed by atoms with Gasteiger partial charge in [0.15, 0.2) is 0 Å². The SMILES string of the molecule is CC(C)(C)c1ccc2c(c1)-c1cc(C(C)(C)C)c[c]([Hf]([C]3=CC=CC3)=[C]3CC3)c1C2.CC(C)(C)c1ccc2c(c1)-c1cc(C(C)(C)C)c[c]([Hf]([C]3=CC=CC3)=[C]3CC3)c1C2.Cl.Cl. The molecule has 2 saturated carbocycles. The summed E-state index contributed by atoms with van der Waals surface area (Å²) >= 11 is -4.28. The molecule has 4 aromatic rings. The fourth-order valence-electron chi connectivity index (χ4n) is 9.87. The van der Waals surface area contributed by atoms with Crippen LogP contribution in [-0.4, -0.2) is 6.51 Å². The molecular formula is C58H70Cl2Hf2. The Morgan fingerprint density at radius 2 is 0.742 bits per heavy atom. The second-order valence-corrected chi connectivity index (χ2v) is 41.8. The van der Waals surface area contributed by atoms with Crippen molar-refractivity contribution in [2.45, 2.75) is 156 Å². The van der Waals surface area contributed by atoms with E-state index < -0.39 is 41.9 Å². The van der Waals surface area contributed by atoms with E-state index in [2.05, 4.69) is 180 Å². The van der Waals surface area contributed by atoms with Crippen molar-refractivity contribution in [1.29, 1.82) is 0 Å². The summed E-state index contributed by atoms with van der Waals surface area (Å²) in [4.78, 5) is 0. The van der Waals surface area contributed by atoms with Crippen LogP contribution < -0.4 is 6.64 Å². The summed E-state index contributed by atoms with van der Waals surface area (Å²) < 4.78 is 11.1. The van der Waals surface area contributed by atoms with Crippen LogP contribution in [0.5, 0.6) is 0 Å². The fourth-order valence-corrected chi connectivity index (χ4v) is 33.0. The molecule has 0 amide bonds. The molecule has 4 heteroatoms. The Bertz CT molecular complexity index is 2470. The molecule has 0 aromatic heterocycles. The first-order valence-electron chi connectivity index (χ1n) is 23.0. The molecule has 0 nitrogen and oxygen atoms in total. The summed E-state index contributed by atoms with van der Waals surface area (Å²) in [5, 5.41) is 0. The maximum absolute atomic E-state index is 2.65. The van der Waals surface area contributed by atoms with Crippen LogP contribution in [0.2, 0.25) is 0 Å². The third-order valence-corrected chi connectivity index (χ3v) is 37.0. The standard InChI is InChI=1S/2C21H25.2C5H5.2C3H4.2ClH.2Hf/c2*1-20(2,3)16-9-7-14-11-15-8-10-17(21(4,5)6)13-19(15)18(14)12-16;2*1-2-4-5-3-1;2*1-2-3-1;;;;/h2*7,9-10,12-13H,11H2,1-6H3;2*1-3H,4H2;2*1-2H2;2*1H;;. The molecule has 0 heterocycles. The summed E-state index contributed by atoms with van der Waals surface area (Å²) in [6.07, 6.45) is 24.6. The zero-order chi connectivity index (χ0) is 42.5. The Labute approximate surface area is 402 Å². The Hall–Kier alpha value is -2.10. The molecule has 0 aliphatic heterocycles. The molecule has 10 rings (SSSR count). The van der Waals surface area contributed by atoms with Gasteiger partial charge in [-0.3, -0.25) is 0 Å². The van der Waals surface area contributed by atoms with Crippen LogP contribution in [0.1, 0.15) is 166 Å². The molecule has 62 heavy (non-hydrogen) atoms. The number of hydrogen-bond donors (Lipinski definition) is 0. The molecule has 6 aliphatic carbocycles. The predicted molar refractivity (Wildman–Crippen MR) is 270 cm³/mol. The van der Waals surface area contributed by atoms with Crippen LogP contribution >= 0.6 is 24.8 Å². The monoisotopic (exact) mass is 1200 g/mol. The van der Waals surface area contributed by atoms with Gasteiger partial charge >= 0.3 is 382 Å². The van der Waals surface area contributed by atoms with Gasteiger partial charge in [-0.2, -0.15) is 0 Å². The van der Waals surface area contributed by atoms with E-state index in [4.69, 9.17) is 0 Å². The van der Waals surface area contributed by atoms with Gasteiger partial charge in [-0.1, -0.05) is 0 Å². The average Bonchev–Trinajstić information content (AvgIpc) is 3.93. The van der Waals surface area contributed by atoms with Crippen molar-refractivity contribution in [2.24, 2.45) is 0 Å². The van der Waals surface area contributed by atoms with Gasteiger partial charge in [0.1, 0.15) is 0 Å². The van der Waals surface area contributed by atoms with E-state index in [0.717, 1.165) is 12.8 Å². The number of halogens is 2. The average molecular weight is 1200 g/mol. The first-order valence-corrected chi connectivity index (χ1v) is 33.8. The van der Waals surface area contributed by atoms with Crippen LogP contribution in [0.25, 0.3) is 22.3 Å². The van der Waals surface area contributed by atoms with Gasteiger partial charge < -0.3 is 0 Å². The predicted octanol–water partition coefficient (Wildman–Crippen LogP) is 14.7. The van der Waals surface area contributed by atoms with E-state index in [1.165, 1.54) is 83.0 Å². The van der Waals surface area contributed by atoms with Crippen molar-refractivity contribution in [3.63, 3.8) is 0 Å². The summed E-state index contributed by atoms with van der Waals surface area (Å²) in [7, 11) is 0. The molecule has 4 aromatic carbocycles. The smallest absolute Gasteiger partial charge is 0.147 e. The Morgan fingerprint density at radius 3 is 1.03 bits per heavy atom. The van der Waals surface area contributed by atoms with E-state index >= 15 is 0 Å². The first-order chi connectivity index (χ1) is 28.3. The van der Waals surface area contributed by atoms with Crippen molar-refractivity contribution in [2.75, 3.05) is 0 Å². The molecular weight excluding hydrogens is 1120 g/mol. The Balaban J connectivity index is 0.000000181. The van der Waals surface area contributed by atoms with Crippen molar-refractivity contribution in [3.05, 3.63) is 148 Å². The van der Waals surface area contributed by atoms with E-state index in [0.29, 0.717) is 0 Å². The molecule has 2 fully saturated rings. The van der Waals surface area contributed by atoms with Crippen LogP contribution in [-0.2, 0) is 76.4 Å². The van der Waals surface area contributed by atoms with E-state index in [1.807, 2.05) is 13.2 Å². The second kappa shape index (κ2) is 17.6. The topological polar surface area (TPSA) is 0 Å². The number of rotatable bonds is 4. The minimum atomic E-state index is -2.14. The number of allylic oxidation sites excluding steroid dienone is 8. The summed E-state index contributed by atoms with van der Waals surface area (Å²) in [5.74, 6) is 0. The number of hydrogen-bond acceptors (Lipinski definition) is 0. The zero-order valence-electron chi connectivity index (χ0n) is 39.7. The van der Waals surface area contributed by atoms with Gasteiger partial charge in [0.05, 0.1) is 0 Å². The molecule has 0 atom stereocenters. The maximum Gasteiger partial charge on any atom is -0.147 e. The Morgan fingerprint density at radius 1 is 0.403 bits per heavy atom. The van der Waals surface area contributed by atoms with Crippen molar-refractivity contribution in [3.8, 4) is 22.3 Å². The third kappa shape index (κ3) is 9.58. The van der Waals surface area contributed by atoms with Crippen molar-refractivity contribution < 1.29 is 41.9 Å². The van der Waals surface area contributed by atoms with Crippen LogP contribution in [0.4, 0.5) is 0 Å². The van der Waals surface area contributed by atoms with Crippen LogP contribution in [0.3, 0.4) is 0 Å². The molecule has 0 unspecified atom stereocenters. The van der Waals surface area contributed by atoms with Gasteiger partial charge in [0.2, 0.25) is 0 Å². The van der Waals surface area contributed by atoms with E-state index in [9.17, 15) is 0 Å². The van der Waals surface area contributed by atoms with E-state index in [1.54, 1.807) is 28.9 Å². The molecule has 0 spiro atoms. The maximum atomic E-state index is 2.65. The van der Waals surface area contributed by atoms with Gasteiger partial charge in [-0.15, -0.1) is 24.8 Å². The minimum Gasteiger partial charge on any atom is -0.147 e. The number of fused-ring (bicyclic) bond motifs is 6. The van der Waals surface area contributed by atoms with Crippen LogP contribution in [0.15, 0.2) is 104 Å². The normalized spacial score (nSPS) is 16.6. The molecule has 324 valence electrons. The zero-order valence-corrected chi connectivity index (χ0v) is 48.5. The van der Waals surface area contributed by atoms with Crippen molar-refractivity contribution in [1.82, 2.24) is 0 Å². The van der Waals surface area contributed by atoms with E-state index in [-0.39, 0.29) is 46.5 Å². The fraction of sp³-hybridized carbons (Fsp3) is 0.414. The van der Waals surface area contributed by atoms with Gasteiger partial charge in [-0.05, 0) is 0 Å². The van der Waals surface area contributed by atoms with Crippen LogP contribution in [0, 0.1) is 0 Å². The quantitative estimate of drug-likeness (QED) is 0.154. The second-order valence-electron chi connectivity index (χ2n) is 22.8. The van der Waals surface area contributed by atoms with Crippen molar-refractivity contribution >= 4 is 38.0 Å². The third-order valence-electron chi connectivity index (χ3n) is 13.9. The van der Waals surface area contributed by atoms with Gasteiger partial charge in [0, 0.05) is 0 Å². The molecule has 6 aliphatic rings. The molecule has 0 saturated heterocycles. The number of benzene rings is 4. The molecule has 0 bridgehead atoms. The molecule has 0 radical (unpaired) electrons. The molecule has 0 N–H and O–H groups in total. The minimum absolute atomic E-state index is 0. The van der Waals surface area contributed by atoms with Gasteiger partial charge in [-0.25, -0.2) is 0 Å². The first kappa shape index (κ1) is 47.9. The summed E-state index contributed by atoms with van der Waals surface area (Å²) in [6, 6.07) is 25.0. The summed E-state index contributed by atoms with van der Waals surface area (Å²) in [5.41, 5.74) is 19.3.